The molecule has 0 fully saturated rings. The average Bonchev–Trinajstić information content (AvgIpc) is 2.64. The number of ether oxygens (including phenoxy) is 1. The van der Waals surface area contributed by atoms with Gasteiger partial charge in [-0.05, 0) is 85.9 Å². The van der Waals surface area contributed by atoms with Gasteiger partial charge in [-0.15, -0.1) is 0 Å². The molecule has 1 atom stereocenters. The van der Waals surface area contributed by atoms with E-state index in [1.54, 1.807) is 19.2 Å². The Kier molecular flexibility index (Phi) is 5.92. The zero-order valence-corrected chi connectivity index (χ0v) is 17.4. The summed E-state index contributed by atoms with van der Waals surface area (Å²) in [4.78, 5) is 0.347. The van der Waals surface area contributed by atoms with Crippen molar-refractivity contribution in [1.82, 2.24) is 4.72 Å². The highest BCUT2D eigenvalue weighted by atomic mass is 32.2. The average molecular weight is 388 g/mol. The second-order valence-electron chi connectivity index (χ2n) is 7.41. The molecular formula is C22H29NO3S. The normalized spacial score (nSPS) is 15.3. The molecule has 27 heavy (non-hydrogen) atoms. The summed E-state index contributed by atoms with van der Waals surface area (Å²) in [7, 11) is -2.05. The van der Waals surface area contributed by atoms with Gasteiger partial charge < -0.3 is 4.74 Å². The summed E-state index contributed by atoms with van der Waals surface area (Å²) in [5, 5.41) is 0. The molecule has 0 radical (unpaired) electrons. The van der Waals surface area contributed by atoms with E-state index in [1.165, 1.54) is 24.0 Å². The summed E-state index contributed by atoms with van der Waals surface area (Å²) >= 11 is 0. The van der Waals surface area contributed by atoms with Crippen molar-refractivity contribution >= 4 is 10.0 Å². The van der Waals surface area contributed by atoms with Gasteiger partial charge in [-0.2, -0.15) is 0 Å². The number of aryl methyl sites for hydroxylation is 4. The predicted octanol–water partition coefficient (Wildman–Crippen LogP) is 4.62. The molecule has 0 amide bonds. The lowest BCUT2D eigenvalue weighted by Crippen LogP contribution is -2.29. The monoisotopic (exact) mass is 387 g/mol. The maximum atomic E-state index is 13.2. The third-order valence-electron chi connectivity index (χ3n) is 5.42. The molecule has 2 aromatic rings. The number of nitrogens with one attached hydrogen (secondary N) is 1. The first kappa shape index (κ1) is 19.9. The van der Waals surface area contributed by atoms with Crippen LogP contribution >= 0.6 is 0 Å². The van der Waals surface area contributed by atoms with Crippen molar-refractivity contribution in [1.29, 1.82) is 0 Å². The van der Waals surface area contributed by atoms with Crippen LogP contribution in [0, 0.1) is 13.8 Å². The molecule has 1 aliphatic rings. The molecule has 1 aliphatic carbocycles. The van der Waals surface area contributed by atoms with E-state index < -0.39 is 10.0 Å². The first-order valence-corrected chi connectivity index (χ1v) is 11.1. The number of hydrogen-bond donors (Lipinski definition) is 1. The smallest absolute Gasteiger partial charge is 0.241 e. The Morgan fingerprint density at radius 3 is 2.26 bits per heavy atom. The van der Waals surface area contributed by atoms with Gasteiger partial charge >= 0.3 is 0 Å². The molecule has 3 rings (SSSR count). The molecule has 0 saturated heterocycles. The predicted molar refractivity (Wildman–Crippen MR) is 109 cm³/mol. The van der Waals surface area contributed by atoms with Gasteiger partial charge in [-0.3, -0.25) is 0 Å². The maximum Gasteiger partial charge on any atom is 0.241 e. The number of benzene rings is 2. The highest BCUT2D eigenvalue weighted by molar-refractivity contribution is 7.89. The summed E-state index contributed by atoms with van der Waals surface area (Å²) in [6.07, 6.45) is 5.37. The van der Waals surface area contributed by atoms with Gasteiger partial charge in [0.05, 0.1) is 12.0 Å². The highest BCUT2D eigenvalue weighted by Gasteiger charge is 2.25. The van der Waals surface area contributed by atoms with Gasteiger partial charge in [0.15, 0.2) is 0 Å². The number of hydrogen-bond acceptors (Lipinski definition) is 3. The SMILES string of the molecule is CC[C@@H](NS(=O)(=O)c1c(C)cc(OC)cc1C)c1ccc2c(c1)CCCC2. The molecule has 2 aromatic carbocycles. The summed E-state index contributed by atoms with van der Waals surface area (Å²) in [6, 6.07) is 9.74. The third-order valence-corrected chi connectivity index (χ3v) is 7.20. The van der Waals surface area contributed by atoms with Crippen LogP contribution in [0.1, 0.15) is 60.0 Å². The van der Waals surface area contributed by atoms with Crippen LogP contribution in [-0.2, 0) is 22.9 Å². The maximum absolute atomic E-state index is 13.2. The minimum absolute atomic E-state index is 0.233. The summed E-state index contributed by atoms with van der Waals surface area (Å²) < 4.78 is 34.5. The van der Waals surface area contributed by atoms with Crippen molar-refractivity contribution in [3.8, 4) is 5.75 Å². The molecule has 1 N–H and O–H groups in total. The van der Waals surface area contributed by atoms with E-state index in [9.17, 15) is 8.42 Å². The lowest BCUT2D eigenvalue weighted by molar-refractivity contribution is 0.413. The van der Waals surface area contributed by atoms with E-state index in [0.29, 0.717) is 28.2 Å². The van der Waals surface area contributed by atoms with E-state index >= 15 is 0 Å². The Bertz CT molecular complexity index is 912. The fourth-order valence-corrected chi connectivity index (χ4v) is 5.82. The topological polar surface area (TPSA) is 55.4 Å². The van der Waals surface area contributed by atoms with Crippen molar-refractivity contribution in [2.45, 2.75) is 63.8 Å². The summed E-state index contributed by atoms with van der Waals surface area (Å²) in [5.74, 6) is 0.672. The minimum Gasteiger partial charge on any atom is -0.497 e. The first-order valence-electron chi connectivity index (χ1n) is 9.65. The Labute approximate surface area is 163 Å². The molecule has 0 spiro atoms. The third kappa shape index (κ3) is 4.19. The lowest BCUT2D eigenvalue weighted by atomic mass is 9.89. The van der Waals surface area contributed by atoms with Crippen molar-refractivity contribution < 1.29 is 13.2 Å². The summed E-state index contributed by atoms with van der Waals surface area (Å²) in [5.41, 5.74) is 5.21. The second-order valence-corrected chi connectivity index (χ2v) is 9.06. The molecule has 0 bridgehead atoms. The molecule has 0 saturated carbocycles. The van der Waals surface area contributed by atoms with Crippen LogP contribution in [-0.4, -0.2) is 15.5 Å². The quantitative estimate of drug-likeness (QED) is 0.787. The number of methoxy groups -OCH3 is 1. The standard InChI is InChI=1S/C22H29NO3S/c1-5-21(19-11-10-17-8-6-7-9-18(17)14-19)23-27(24,25)22-15(2)12-20(26-4)13-16(22)3/h10-14,21,23H,5-9H2,1-4H3/t21-/m1/s1. The second kappa shape index (κ2) is 8.03. The van der Waals surface area contributed by atoms with E-state index in [2.05, 4.69) is 22.9 Å². The van der Waals surface area contributed by atoms with Gasteiger partial charge in [0.1, 0.15) is 5.75 Å². The zero-order valence-electron chi connectivity index (χ0n) is 16.6. The molecule has 5 heteroatoms. The number of rotatable bonds is 6. The zero-order chi connectivity index (χ0) is 19.6. The van der Waals surface area contributed by atoms with Gasteiger partial charge in [-0.25, -0.2) is 13.1 Å². The highest BCUT2D eigenvalue weighted by Crippen LogP contribution is 2.30. The van der Waals surface area contributed by atoms with Gasteiger partial charge in [0, 0.05) is 6.04 Å². The molecule has 0 aliphatic heterocycles. The Hall–Kier alpha value is -1.85. The van der Waals surface area contributed by atoms with Crippen LogP contribution in [0.2, 0.25) is 0 Å². The van der Waals surface area contributed by atoms with Gasteiger partial charge in [0.2, 0.25) is 10.0 Å². The van der Waals surface area contributed by atoms with E-state index in [1.807, 2.05) is 20.8 Å². The van der Waals surface area contributed by atoms with Gasteiger partial charge in [-0.1, -0.05) is 25.1 Å². The fraction of sp³-hybridized carbons (Fsp3) is 0.455. The molecule has 4 nitrogen and oxygen atoms in total. The van der Waals surface area contributed by atoms with Crippen LogP contribution in [0.4, 0.5) is 0 Å². The van der Waals surface area contributed by atoms with Crippen molar-refractivity contribution in [2.24, 2.45) is 0 Å². The first-order chi connectivity index (χ1) is 12.9. The Morgan fingerprint density at radius 1 is 1.04 bits per heavy atom. The fourth-order valence-electron chi connectivity index (χ4n) is 4.06. The Balaban J connectivity index is 1.92. The van der Waals surface area contributed by atoms with Crippen molar-refractivity contribution in [3.63, 3.8) is 0 Å². The van der Waals surface area contributed by atoms with E-state index in [4.69, 9.17) is 4.74 Å². The van der Waals surface area contributed by atoms with E-state index in [0.717, 1.165) is 18.4 Å². The number of fused-ring (bicyclic) bond motifs is 1. The van der Waals surface area contributed by atoms with Crippen LogP contribution in [0.5, 0.6) is 5.75 Å². The summed E-state index contributed by atoms with van der Waals surface area (Å²) in [6.45, 7) is 5.63. The molecule has 0 heterocycles. The lowest BCUT2D eigenvalue weighted by Gasteiger charge is -2.22. The molecular weight excluding hydrogens is 358 g/mol. The molecule has 146 valence electrons. The van der Waals surface area contributed by atoms with Crippen molar-refractivity contribution in [3.05, 3.63) is 58.1 Å². The minimum atomic E-state index is -3.63. The van der Waals surface area contributed by atoms with Crippen LogP contribution in [0.3, 0.4) is 0 Å². The van der Waals surface area contributed by atoms with Gasteiger partial charge in [0.25, 0.3) is 0 Å². The largest absolute Gasteiger partial charge is 0.497 e. The molecule has 0 unspecified atom stereocenters. The van der Waals surface area contributed by atoms with Crippen LogP contribution in [0.15, 0.2) is 35.2 Å². The van der Waals surface area contributed by atoms with Crippen molar-refractivity contribution in [2.75, 3.05) is 7.11 Å². The Morgan fingerprint density at radius 2 is 1.67 bits per heavy atom. The van der Waals surface area contributed by atoms with Crippen LogP contribution in [0.25, 0.3) is 0 Å². The van der Waals surface area contributed by atoms with Crippen LogP contribution < -0.4 is 9.46 Å². The number of sulfonamides is 1. The molecule has 0 aromatic heterocycles. The van der Waals surface area contributed by atoms with E-state index in [-0.39, 0.29) is 6.04 Å².